The summed E-state index contributed by atoms with van der Waals surface area (Å²) in [5.41, 5.74) is 0.807. The molecule has 2 rings (SSSR count). The highest BCUT2D eigenvalue weighted by Crippen LogP contribution is 2.22. The van der Waals surface area contributed by atoms with Gasteiger partial charge in [0.2, 0.25) is 0 Å². The van der Waals surface area contributed by atoms with Crippen molar-refractivity contribution in [1.82, 2.24) is 5.32 Å². The van der Waals surface area contributed by atoms with Crippen molar-refractivity contribution >= 4 is 0 Å². The van der Waals surface area contributed by atoms with Crippen LogP contribution in [-0.4, -0.2) is 41.5 Å². The number of rotatable bonds is 16. The van der Waals surface area contributed by atoms with E-state index in [1.165, 1.54) is 11.6 Å². The van der Waals surface area contributed by atoms with Crippen LogP contribution in [-0.2, 0) is 17.7 Å². The first kappa shape index (κ1) is 16.7. The lowest BCUT2D eigenvalue weighted by Crippen LogP contribution is -2.22. The SMILES string of the molecule is [2H]C([2H])(CCCCCNC([2H])([2H])C(O)c1ccc(O)c(C([2H])([2H])O)c1)OCCCCc1ccccc1. The van der Waals surface area contributed by atoms with Gasteiger partial charge in [-0.3, -0.25) is 0 Å². The van der Waals surface area contributed by atoms with Gasteiger partial charge in [0.25, 0.3) is 0 Å². The van der Waals surface area contributed by atoms with E-state index in [2.05, 4.69) is 17.4 Å². The molecule has 0 saturated carbocycles. The second-order valence-electron chi connectivity index (χ2n) is 7.11. The van der Waals surface area contributed by atoms with Gasteiger partial charge in [-0.05, 0) is 61.9 Å². The fourth-order valence-corrected chi connectivity index (χ4v) is 2.95. The minimum atomic E-state index is -2.84. The summed E-state index contributed by atoms with van der Waals surface area (Å²) in [6.07, 6.45) is 2.98. The lowest BCUT2D eigenvalue weighted by atomic mass is 10.1. The number of hydrogen-bond acceptors (Lipinski definition) is 5. The zero-order valence-electron chi connectivity index (χ0n) is 23.3. The lowest BCUT2D eigenvalue weighted by molar-refractivity contribution is 0.126. The fourth-order valence-electron chi connectivity index (χ4n) is 2.95. The normalized spacial score (nSPS) is 16.6. The molecule has 0 amide bonds. The maximum Gasteiger partial charge on any atom is 0.121 e. The highest BCUT2D eigenvalue weighted by Gasteiger charge is 2.09. The van der Waals surface area contributed by atoms with Crippen molar-refractivity contribution in [3.8, 4) is 5.75 Å². The molecule has 0 saturated heterocycles. The number of aromatic hydroxyl groups is 1. The quantitative estimate of drug-likeness (QED) is 0.307. The summed E-state index contributed by atoms with van der Waals surface area (Å²) in [6.45, 7) is -6.20. The summed E-state index contributed by atoms with van der Waals surface area (Å²) >= 11 is 0. The van der Waals surface area contributed by atoms with Gasteiger partial charge < -0.3 is 25.4 Å². The molecule has 2 aromatic carbocycles. The number of benzene rings is 2. The minimum absolute atomic E-state index is 0.00679. The van der Waals surface area contributed by atoms with Gasteiger partial charge in [0.1, 0.15) is 5.75 Å². The first-order valence-corrected chi connectivity index (χ1v) is 10.5. The van der Waals surface area contributed by atoms with Gasteiger partial charge in [-0.1, -0.05) is 49.2 Å². The van der Waals surface area contributed by atoms with E-state index >= 15 is 0 Å². The van der Waals surface area contributed by atoms with Crippen LogP contribution in [0.25, 0.3) is 0 Å². The summed E-state index contributed by atoms with van der Waals surface area (Å²) in [4.78, 5) is 0. The molecule has 0 spiro atoms. The van der Waals surface area contributed by atoms with Gasteiger partial charge >= 0.3 is 0 Å². The zero-order valence-corrected chi connectivity index (χ0v) is 17.3. The molecule has 0 aromatic heterocycles. The number of aliphatic hydroxyl groups is 2. The number of phenols is 1. The monoisotopic (exact) mass is 421 g/mol. The molecular weight excluding hydrogens is 378 g/mol. The zero-order chi connectivity index (χ0) is 26.8. The molecule has 0 aliphatic rings. The number of unbranched alkanes of at least 4 members (excludes halogenated alkanes) is 3. The summed E-state index contributed by atoms with van der Waals surface area (Å²) in [5.74, 6) is -0.497. The van der Waals surface area contributed by atoms with Crippen LogP contribution in [0.1, 0.15) is 69.5 Å². The Morgan fingerprint density at radius 3 is 2.57 bits per heavy atom. The van der Waals surface area contributed by atoms with Gasteiger partial charge in [-0.15, -0.1) is 0 Å². The number of aliphatic hydroxyl groups excluding tert-OH is 1. The first-order valence-electron chi connectivity index (χ1n) is 13.5. The van der Waals surface area contributed by atoms with Crippen LogP contribution in [0, 0.1) is 0 Å². The van der Waals surface area contributed by atoms with Crippen molar-refractivity contribution in [1.29, 1.82) is 0 Å². The molecule has 166 valence electrons. The third-order valence-corrected chi connectivity index (χ3v) is 4.68. The van der Waals surface area contributed by atoms with Crippen molar-refractivity contribution in [2.75, 3.05) is 26.2 Å². The molecule has 0 fully saturated rings. The van der Waals surface area contributed by atoms with Crippen LogP contribution in [0.4, 0.5) is 0 Å². The van der Waals surface area contributed by atoms with E-state index in [1.54, 1.807) is 0 Å². The summed E-state index contributed by atoms with van der Waals surface area (Å²) in [6, 6.07) is 13.5. The molecule has 30 heavy (non-hydrogen) atoms. The Balaban J connectivity index is 1.65. The molecule has 1 unspecified atom stereocenters. The molecule has 0 radical (unpaired) electrons. The van der Waals surface area contributed by atoms with Crippen molar-refractivity contribution in [3.05, 3.63) is 65.2 Å². The molecule has 5 nitrogen and oxygen atoms in total. The Labute approximate surface area is 189 Å². The first-order chi connectivity index (χ1) is 16.8. The molecule has 0 aliphatic heterocycles. The Hall–Kier alpha value is -1.92. The third-order valence-electron chi connectivity index (χ3n) is 4.68. The number of nitrogens with one attached hydrogen (secondary N) is 1. The maximum atomic E-state index is 10.4. The number of aryl methyl sites for hydroxylation is 1. The van der Waals surface area contributed by atoms with Gasteiger partial charge in [-0.2, -0.15) is 0 Å². The highest BCUT2D eigenvalue weighted by molar-refractivity contribution is 5.36. The fraction of sp³-hybridized carbons (Fsp3) is 0.520. The Morgan fingerprint density at radius 1 is 0.967 bits per heavy atom. The molecule has 4 N–H and O–H groups in total. The van der Waals surface area contributed by atoms with Crippen molar-refractivity contribution in [2.24, 2.45) is 0 Å². The van der Waals surface area contributed by atoms with Crippen LogP contribution in [0.2, 0.25) is 0 Å². The highest BCUT2D eigenvalue weighted by atomic mass is 16.5. The Kier molecular flexibility index (Phi) is 8.35. The average molecular weight is 422 g/mol. The average Bonchev–Trinajstić information content (AvgIpc) is 2.80. The van der Waals surface area contributed by atoms with Crippen LogP contribution >= 0.6 is 0 Å². The largest absolute Gasteiger partial charge is 0.508 e. The topological polar surface area (TPSA) is 82.0 Å². The standard InChI is InChI=1S/C25H37NO4/c27-20-23-18-22(13-14-24(23)28)25(29)19-26-15-7-1-2-8-16-30-17-9-6-12-21-10-4-3-5-11-21/h3-5,10-11,13-14,18,25-29H,1-2,6-9,12,15-17,19-20H2/i16D2,19D2,20D2. The summed E-state index contributed by atoms with van der Waals surface area (Å²) in [7, 11) is 0. The molecule has 0 aliphatic carbocycles. The number of ether oxygens (including phenoxy) is 1. The maximum absolute atomic E-state index is 10.4. The van der Waals surface area contributed by atoms with E-state index in [0.717, 1.165) is 31.4 Å². The molecule has 0 bridgehead atoms. The van der Waals surface area contributed by atoms with E-state index in [1.807, 2.05) is 18.2 Å². The summed E-state index contributed by atoms with van der Waals surface area (Å²) < 4.78 is 52.3. The molecule has 0 heterocycles. The molecule has 2 aromatic rings. The van der Waals surface area contributed by atoms with E-state index in [0.29, 0.717) is 25.9 Å². The van der Waals surface area contributed by atoms with Crippen LogP contribution in [0.5, 0.6) is 5.75 Å². The molecule has 1 atom stereocenters. The van der Waals surface area contributed by atoms with Gasteiger partial charge in [0.15, 0.2) is 0 Å². The predicted octanol–water partition coefficient (Wildman–Crippen LogP) is 4.11. The van der Waals surface area contributed by atoms with Crippen LogP contribution < -0.4 is 5.32 Å². The lowest BCUT2D eigenvalue weighted by Gasteiger charge is -2.14. The Bertz CT molecular complexity index is 925. The second-order valence-corrected chi connectivity index (χ2v) is 7.11. The van der Waals surface area contributed by atoms with Crippen LogP contribution in [0.3, 0.4) is 0 Å². The smallest absolute Gasteiger partial charge is 0.121 e. The van der Waals surface area contributed by atoms with Crippen molar-refractivity contribution < 1.29 is 28.3 Å². The van der Waals surface area contributed by atoms with E-state index < -0.39 is 37.0 Å². The van der Waals surface area contributed by atoms with Crippen molar-refractivity contribution in [2.45, 2.75) is 57.6 Å². The van der Waals surface area contributed by atoms with Gasteiger partial charge in [-0.25, -0.2) is 0 Å². The Morgan fingerprint density at radius 2 is 1.77 bits per heavy atom. The predicted molar refractivity (Wildman–Crippen MR) is 121 cm³/mol. The van der Waals surface area contributed by atoms with E-state index in [9.17, 15) is 15.3 Å². The molecule has 5 heteroatoms. The van der Waals surface area contributed by atoms with Gasteiger partial charge in [0, 0.05) is 28.0 Å². The summed E-state index contributed by atoms with van der Waals surface area (Å²) in [5, 5.41) is 32.3. The second kappa shape index (κ2) is 15.0. The van der Waals surface area contributed by atoms with Crippen LogP contribution in [0.15, 0.2) is 48.5 Å². The van der Waals surface area contributed by atoms with Gasteiger partial charge in [0.05, 0.1) is 18.1 Å². The van der Waals surface area contributed by atoms with Crippen molar-refractivity contribution in [3.63, 3.8) is 0 Å². The number of hydrogen-bond donors (Lipinski definition) is 4. The third kappa shape index (κ3) is 9.72. The van der Waals surface area contributed by atoms with E-state index in [-0.39, 0.29) is 18.5 Å². The minimum Gasteiger partial charge on any atom is -0.508 e. The molecular formula is C25H37NO4. The van der Waals surface area contributed by atoms with E-state index in [4.69, 9.17) is 13.0 Å².